The molecule has 0 radical (unpaired) electrons. The quantitative estimate of drug-likeness (QED) is 0.709. The summed E-state index contributed by atoms with van der Waals surface area (Å²) in [6, 6.07) is 0. The minimum atomic E-state index is 0.731. The maximum atomic E-state index is 4.08. The van der Waals surface area contributed by atoms with E-state index in [-0.39, 0.29) is 0 Å². The summed E-state index contributed by atoms with van der Waals surface area (Å²) >= 11 is 0. The molecule has 2 rings (SSSR count). The molecule has 1 saturated heterocycles. The average Bonchev–Trinajstić information content (AvgIpc) is 2.53. The molecular weight excluding hydrogens is 162 g/mol. The van der Waals surface area contributed by atoms with Gasteiger partial charge in [0.25, 0.3) is 0 Å². The molecule has 0 unspecified atom stereocenters. The van der Waals surface area contributed by atoms with Crippen LogP contribution in [0.2, 0.25) is 0 Å². The number of nitrogens with one attached hydrogen (secondary N) is 1. The van der Waals surface area contributed by atoms with Crippen molar-refractivity contribution in [3.8, 4) is 0 Å². The fourth-order valence-electron chi connectivity index (χ4n) is 2.09. The lowest BCUT2D eigenvalue weighted by Crippen LogP contribution is -2.29. The molecule has 0 spiro atoms. The summed E-state index contributed by atoms with van der Waals surface area (Å²) in [4.78, 5) is 2.39. The zero-order valence-electron chi connectivity index (χ0n) is 8.38. The first-order valence-corrected chi connectivity index (χ1v) is 4.96. The molecule has 1 fully saturated rings. The van der Waals surface area contributed by atoms with Gasteiger partial charge in [-0.05, 0) is 51.4 Å². The molecule has 1 aromatic rings. The normalized spacial score (nSPS) is 20.8. The lowest BCUT2D eigenvalue weighted by Gasteiger charge is -2.28. The Hall–Kier alpha value is -0.830. The fourth-order valence-corrected chi connectivity index (χ4v) is 2.09. The van der Waals surface area contributed by atoms with E-state index in [4.69, 9.17) is 0 Å². The van der Waals surface area contributed by atoms with Gasteiger partial charge in [-0.1, -0.05) is 0 Å². The summed E-state index contributed by atoms with van der Waals surface area (Å²) in [7, 11) is 2.19. The highest BCUT2D eigenvalue weighted by atomic mass is 15.1. The summed E-state index contributed by atoms with van der Waals surface area (Å²) in [5, 5.41) is 7.09. The highest BCUT2D eigenvalue weighted by Gasteiger charge is 2.20. The van der Waals surface area contributed by atoms with Gasteiger partial charge in [0, 0.05) is 5.69 Å². The van der Waals surface area contributed by atoms with Gasteiger partial charge in [-0.15, -0.1) is 0 Å². The molecule has 72 valence electrons. The Balaban J connectivity index is 2.06. The number of hydrogen-bond donors (Lipinski definition) is 1. The van der Waals surface area contributed by atoms with Crippen molar-refractivity contribution in [2.45, 2.75) is 25.7 Å². The Morgan fingerprint density at radius 3 is 2.69 bits per heavy atom. The number of rotatable bonds is 1. The SMILES string of the molecule is Cc1[nH]ncc1C1CCN(C)CC1. The highest BCUT2D eigenvalue weighted by molar-refractivity contribution is 5.20. The second kappa shape index (κ2) is 3.50. The molecule has 0 saturated carbocycles. The number of hydrogen-bond acceptors (Lipinski definition) is 2. The van der Waals surface area contributed by atoms with Crippen LogP contribution in [-0.4, -0.2) is 35.2 Å². The van der Waals surface area contributed by atoms with E-state index in [0.717, 1.165) is 5.92 Å². The van der Waals surface area contributed by atoms with E-state index in [1.54, 1.807) is 0 Å². The Morgan fingerprint density at radius 1 is 1.46 bits per heavy atom. The van der Waals surface area contributed by atoms with Crippen molar-refractivity contribution in [3.63, 3.8) is 0 Å². The monoisotopic (exact) mass is 179 g/mol. The van der Waals surface area contributed by atoms with Crippen LogP contribution in [0, 0.1) is 6.92 Å². The third-order valence-corrected chi connectivity index (χ3v) is 3.03. The van der Waals surface area contributed by atoms with Crippen LogP contribution in [0.25, 0.3) is 0 Å². The van der Waals surface area contributed by atoms with E-state index in [2.05, 4.69) is 29.1 Å². The number of likely N-dealkylation sites (tertiary alicyclic amines) is 1. The van der Waals surface area contributed by atoms with Crippen LogP contribution in [-0.2, 0) is 0 Å². The first kappa shape index (κ1) is 8.75. The Labute approximate surface area is 79.1 Å². The first-order valence-electron chi connectivity index (χ1n) is 4.96. The summed E-state index contributed by atoms with van der Waals surface area (Å²) < 4.78 is 0. The molecule has 1 aliphatic rings. The fraction of sp³-hybridized carbons (Fsp3) is 0.700. The molecule has 0 bridgehead atoms. The van der Waals surface area contributed by atoms with E-state index in [1.807, 2.05) is 6.20 Å². The minimum absolute atomic E-state index is 0.731. The van der Waals surface area contributed by atoms with E-state index in [9.17, 15) is 0 Å². The Morgan fingerprint density at radius 2 is 2.15 bits per heavy atom. The van der Waals surface area contributed by atoms with Gasteiger partial charge in [-0.25, -0.2) is 0 Å². The Kier molecular flexibility index (Phi) is 2.36. The maximum absolute atomic E-state index is 4.08. The standard InChI is InChI=1S/C10H17N3/c1-8-10(7-11-12-8)9-3-5-13(2)6-4-9/h7,9H,3-6H2,1-2H3,(H,11,12). The van der Waals surface area contributed by atoms with Gasteiger partial charge in [0.1, 0.15) is 0 Å². The van der Waals surface area contributed by atoms with Crippen LogP contribution in [0.3, 0.4) is 0 Å². The third-order valence-electron chi connectivity index (χ3n) is 3.03. The van der Waals surface area contributed by atoms with Crippen molar-refractivity contribution in [1.82, 2.24) is 15.1 Å². The van der Waals surface area contributed by atoms with Crippen molar-refractivity contribution in [1.29, 1.82) is 0 Å². The number of H-pyrrole nitrogens is 1. The van der Waals surface area contributed by atoms with Crippen molar-refractivity contribution in [2.24, 2.45) is 0 Å². The number of nitrogens with zero attached hydrogens (tertiary/aromatic N) is 2. The molecule has 3 heteroatoms. The summed E-state index contributed by atoms with van der Waals surface area (Å²) in [6.07, 6.45) is 4.54. The lowest BCUT2D eigenvalue weighted by atomic mass is 9.90. The van der Waals surface area contributed by atoms with Gasteiger partial charge in [-0.3, -0.25) is 5.10 Å². The highest BCUT2D eigenvalue weighted by Crippen LogP contribution is 2.28. The predicted octanol–water partition coefficient (Wildman–Crippen LogP) is 1.53. The smallest absolute Gasteiger partial charge is 0.0524 e. The number of aromatic amines is 1. The third kappa shape index (κ3) is 1.75. The molecule has 1 N–H and O–H groups in total. The van der Waals surface area contributed by atoms with Crippen molar-refractivity contribution in [3.05, 3.63) is 17.5 Å². The van der Waals surface area contributed by atoms with Gasteiger partial charge in [0.15, 0.2) is 0 Å². The van der Waals surface area contributed by atoms with Gasteiger partial charge in [-0.2, -0.15) is 5.10 Å². The molecule has 0 atom stereocenters. The molecule has 2 heterocycles. The van der Waals surface area contributed by atoms with E-state index in [0.29, 0.717) is 0 Å². The zero-order chi connectivity index (χ0) is 9.26. The van der Waals surface area contributed by atoms with Crippen molar-refractivity contribution < 1.29 is 0 Å². The van der Waals surface area contributed by atoms with Gasteiger partial charge in [0.05, 0.1) is 6.20 Å². The summed E-state index contributed by atoms with van der Waals surface area (Å²) in [5.74, 6) is 0.731. The van der Waals surface area contributed by atoms with Crippen molar-refractivity contribution in [2.75, 3.05) is 20.1 Å². The second-order valence-corrected chi connectivity index (χ2v) is 4.03. The topological polar surface area (TPSA) is 31.9 Å². The molecule has 1 aromatic heterocycles. The second-order valence-electron chi connectivity index (χ2n) is 4.03. The van der Waals surface area contributed by atoms with Crippen LogP contribution in [0.15, 0.2) is 6.20 Å². The van der Waals surface area contributed by atoms with Gasteiger partial charge >= 0.3 is 0 Å². The van der Waals surface area contributed by atoms with Gasteiger partial charge < -0.3 is 4.90 Å². The van der Waals surface area contributed by atoms with Gasteiger partial charge in [0.2, 0.25) is 0 Å². The molecule has 13 heavy (non-hydrogen) atoms. The van der Waals surface area contributed by atoms with Crippen LogP contribution < -0.4 is 0 Å². The number of aromatic nitrogens is 2. The summed E-state index contributed by atoms with van der Waals surface area (Å²) in [5.41, 5.74) is 2.67. The molecular formula is C10H17N3. The van der Waals surface area contributed by atoms with E-state index < -0.39 is 0 Å². The maximum Gasteiger partial charge on any atom is 0.0524 e. The molecule has 3 nitrogen and oxygen atoms in total. The van der Waals surface area contributed by atoms with Crippen LogP contribution in [0.1, 0.15) is 30.0 Å². The van der Waals surface area contributed by atoms with Crippen LogP contribution in [0.4, 0.5) is 0 Å². The van der Waals surface area contributed by atoms with Crippen LogP contribution in [0.5, 0.6) is 0 Å². The van der Waals surface area contributed by atoms with Crippen molar-refractivity contribution >= 4 is 0 Å². The molecule has 1 aliphatic heterocycles. The minimum Gasteiger partial charge on any atom is -0.306 e. The zero-order valence-corrected chi connectivity index (χ0v) is 8.38. The first-order chi connectivity index (χ1) is 6.27. The predicted molar refractivity (Wildman–Crippen MR) is 52.8 cm³/mol. The average molecular weight is 179 g/mol. The summed E-state index contributed by atoms with van der Waals surface area (Å²) in [6.45, 7) is 4.55. The number of aryl methyl sites for hydroxylation is 1. The van der Waals surface area contributed by atoms with E-state index >= 15 is 0 Å². The molecule has 0 aromatic carbocycles. The lowest BCUT2D eigenvalue weighted by molar-refractivity contribution is 0.255. The van der Waals surface area contributed by atoms with E-state index in [1.165, 1.54) is 37.2 Å². The largest absolute Gasteiger partial charge is 0.306 e. The number of piperidine rings is 1. The Bertz CT molecular complexity index is 271. The van der Waals surface area contributed by atoms with Crippen LogP contribution >= 0.6 is 0 Å². The molecule has 0 aliphatic carbocycles. The molecule has 0 amide bonds.